The molecule has 0 atom stereocenters. The summed E-state index contributed by atoms with van der Waals surface area (Å²) >= 11 is 0. The van der Waals surface area contributed by atoms with Gasteiger partial charge in [-0.2, -0.15) is 4.31 Å². The van der Waals surface area contributed by atoms with Crippen molar-refractivity contribution >= 4 is 21.9 Å². The Morgan fingerprint density at radius 1 is 1.25 bits per heavy atom. The molecular formula is C14H22N4O5S. The summed E-state index contributed by atoms with van der Waals surface area (Å²) in [5, 5.41) is -0.00679. The predicted octanol–water partition coefficient (Wildman–Crippen LogP) is -0.485. The van der Waals surface area contributed by atoms with Gasteiger partial charge in [0.2, 0.25) is 0 Å². The fourth-order valence-corrected chi connectivity index (χ4v) is 3.94. The summed E-state index contributed by atoms with van der Waals surface area (Å²) in [6.07, 6.45) is 1.91. The molecule has 0 spiro atoms. The van der Waals surface area contributed by atoms with Crippen molar-refractivity contribution < 1.29 is 22.7 Å². The molecule has 0 bridgehead atoms. The van der Waals surface area contributed by atoms with Crippen LogP contribution in [0.4, 0.5) is 0 Å². The highest BCUT2D eigenvalue weighted by atomic mass is 32.2. The fourth-order valence-electron chi connectivity index (χ4n) is 2.44. The third kappa shape index (κ3) is 3.75. The first-order valence-corrected chi connectivity index (χ1v) is 9.17. The first kappa shape index (κ1) is 18.4. The summed E-state index contributed by atoms with van der Waals surface area (Å²) in [4.78, 5) is 28.9. The van der Waals surface area contributed by atoms with Crippen molar-refractivity contribution in [3.05, 3.63) is 12.0 Å². The SMILES string of the molecule is CCOC(=O)C(=O)N1CCCN(S(=O)(=O)c2cn(C)c(C)n2)CC1. The van der Waals surface area contributed by atoms with E-state index in [-0.39, 0.29) is 31.3 Å². The van der Waals surface area contributed by atoms with Gasteiger partial charge in [0.15, 0.2) is 5.03 Å². The summed E-state index contributed by atoms with van der Waals surface area (Å²) < 4.78 is 33.0. The Morgan fingerprint density at radius 3 is 2.54 bits per heavy atom. The number of aryl methyl sites for hydroxylation is 2. The molecule has 1 amide bonds. The monoisotopic (exact) mass is 358 g/mol. The Labute approximate surface area is 141 Å². The molecule has 1 aromatic rings. The summed E-state index contributed by atoms with van der Waals surface area (Å²) in [7, 11) is -1.99. The van der Waals surface area contributed by atoms with E-state index in [0.29, 0.717) is 18.8 Å². The van der Waals surface area contributed by atoms with Crippen molar-refractivity contribution in [2.75, 3.05) is 32.8 Å². The number of amides is 1. The van der Waals surface area contributed by atoms with Gasteiger partial charge in [0.05, 0.1) is 6.61 Å². The van der Waals surface area contributed by atoms with Gasteiger partial charge in [-0.05, 0) is 20.3 Å². The molecule has 1 aliphatic rings. The minimum absolute atomic E-state index is 0.00679. The van der Waals surface area contributed by atoms with Crippen LogP contribution in [0, 0.1) is 6.92 Å². The molecule has 0 aliphatic carbocycles. The van der Waals surface area contributed by atoms with E-state index < -0.39 is 21.9 Å². The van der Waals surface area contributed by atoms with Crippen LogP contribution < -0.4 is 0 Å². The average Bonchev–Trinajstić information content (AvgIpc) is 2.76. The Morgan fingerprint density at radius 2 is 1.96 bits per heavy atom. The Kier molecular flexibility index (Phi) is 5.60. The van der Waals surface area contributed by atoms with E-state index in [2.05, 4.69) is 4.98 Å². The highest BCUT2D eigenvalue weighted by molar-refractivity contribution is 7.89. The van der Waals surface area contributed by atoms with Crippen molar-refractivity contribution in [1.29, 1.82) is 0 Å². The number of esters is 1. The smallest absolute Gasteiger partial charge is 0.397 e. The normalized spacial score (nSPS) is 16.7. The van der Waals surface area contributed by atoms with Crippen LogP contribution in [0.3, 0.4) is 0 Å². The van der Waals surface area contributed by atoms with Gasteiger partial charge >= 0.3 is 11.9 Å². The van der Waals surface area contributed by atoms with Crippen LogP contribution in [0.1, 0.15) is 19.2 Å². The van der Waals surface area contributed by atoms with E-state index in [1.54, 1.807) is 25.5 Å². The summed E-state index contributed by atoms with van der Waals surface area (Å²) in [5.41, 5.74) is 0. The molecule has 9 nitrogen and oxygen atoms in total. The minimum atomic E-state index is -3.72. The lowest BCUT2D eigenvalue weighted by atomic mass is 10.4. The number of hydrogen-bond acceptors (Lipinski definition) is 6. The molecule has 0 saturated carbocycles. The van der Waals surface area contributed by atoms with Gasteiger partial charge in [0, 0.05) is 39.4 Å². The van der Waals surface area contributed by atoms with E-state index in [9.17, 15) is 18.0 Å². The van der Waals surface area contributed by atoms with E-state index in [4.69, 9.17) is 4.74 Å². The zero-order chi connectivity index (χ0) is 17.9. The van der Waals surface area contributed by atoms with Gasteiger partial charge in [-0.3, -0.25) is 4.79 Å². The van der Waals surface area contributed by atoms with Crippen LogP contribution in [-0.4, -0.2) is 71.8 Å². The number of nitrogens with zero attached hydrogens (tertiary/aromatic N) is 4. The van der Waals surface area contributed by atoms with Gasteiger partial charge in [-0.25, -0.2) is 18.2 Å². The third-order valence-electron chi connectivity index (χ3n) is 3.88. The number of carbonyl (C=O) groups is 2. The number of rotatable bonds is 3. The Bertz CT molecular complexity index is 708. The third-order valence-corrected chi connectivity index (χ3v) is 5.65. The van der Waals surface area contributed by atoms with Crippen molar-refractivity contribution in [2.45, 2.75) is 25.3 Å². The van der Waals surface area contributed by atoms with E-state index in [1.807, 2.05) is 0 Å². The van der Waals surface area contributed by atoms with Gasteiger partial charge < -0.3 is 14.2 Å². The van der Waals surface area contributed by atoms with Crippen LogP contribution in [-0.2, 0) is 31.4 Å². The topological polar surface area (TPSA) is 102 Å². The average molecular weight is 358 g/mol. The molecular weight excluding hydrogens is 336 g/mol. The largest absolute Gasteiger partial charge is 0.459 e. The molecule has 1 saturated heterocycles. The molecule has 24 heavy (non-hydrogen) atoms. The van der Waals surface area contributed by atoms with Gasteiger partial charge in [-0.1, -0.05) is 0 Å². The van der Waals surface area contributed by atoms with Crippen LogP contribution in [0.25, 0.3) is 0 Å². The maximum atomic E-state index is 12.7. The van der Waals surface area contributed by atoms with Gasteiger partial charge in [0.1, 0.15) is 5.82 Å². The number of imidazole rings is 1. The zero-order valence-electron chi connectivity index (χ0n) is 14.1. The predicted molar refractivity (Wildman–Crippen MR) is 84.5 cm³/mol. The lowest BCUT2D eigenvalue weighted by molar-refractivity contribution is -0.159. The molecule has 0 radical (unpaired) electrons. The summed E-state index contributed by atoms with van der Waals surface area (Å²) in [6, 6.07) is 0. The number of sulfonamides is 1. The number of hydrogen-bond donors (Lipinski definition) is 0. The highest BCUT2D eigenvalue weighted by Gasteiger charge is 2.32. The van der Waals surface area contributed by atoms with Gasteiger partial charge in [0.25, 0.3) is 10.0 Å². The highest BCUT2D eigenvalue weighted by Crippen LogP contribution is 2.17. The fraction of sp³-hybridized carbons (Fsp3) is 0.643. The van der Waals surface area contributed by atoms with Crippen LogP contribution in [0.5, 0.6) is 0 Å². The minimum Gasteiger partial charge on any atom is -0.459 e. The molecule has 0 aromatic carbocycles. The Balaban J connectivity index is 2.10. The van der Waals surface area contributed by atoms with E-state index in [0.717, 1.165) is 0 Å². The number of carbonyl (C=O) groups excluding carboxylic acids is 2. The zero-order valence-corrected chi connectivity index (χ0v) is 14.9. The molecule has 1 aromatic heterocycles. The van der Waals surface area contributed by atoms with Crippen molar-refractivity contribution in [1.82, 2.24) is 18.8 Å². The molecule has 134 valence electrons. The van der Waals surface area contributed by atoms with Crippen LogP contribution in [0.15, 0.2) is 11.2 Å². The van der Waals surface area contributed by atoms with Crippen LogP contribution in [0.2, 0.25) is 0 Å². The van der Waals surface area contributed by atoms with E-state index >= 15 is 0 Å². The summed E-state index contributed by atoms with van der Waals surface area (Å²) in [5.74, 6) is -1.04. The molecule has 0 unspecified atom stereocenters. The van der Waals surface area contributed by atoms with Crippen molar-refractivity contribution in [2.24, 2.45) is 7.05 Å². The lowest BCUT2D eigenvalue weighted by Gasteiger charge is -2.20. The standard InChI is InChI=1S/C14H22N4O5S/c1-4-23-14(20)13(19)17-6-5-7-18(9-8-17)24(21,22)12-10-16(3)11(2)15-12/h10H,4-9H2,1-3H3. The first-order chi connectivity index (χ1) is 11.3. The maximum Gasteiger partial charge on any atom is 0.397 e. The summed E-state index contributed by atoms with van der Waals surface area (Å²) in [6.45, 7) is 4.30. The van der Waals surface area contributed by atoms with Crippen LogP contribution >= 0.6 is 0 Å². The van der Waals surface area contributed by atoms with Crippen molar-refractivity contribution in [3.8, 4) is 0 Å². The molecule has 2 rings (SSSR count). The first-order valence-electron chi connectivity index (χ1n) is 7.73. The number of ether oxygens (including phenoxy) is 1. The molecule has 2 heterocycles. The van der Waals surface area contributed by atoms with E-state index in [1.165, 1.54) is 15.4 Å². The van der Waals surface area contributed by atoms with Gasteiger partial charge in [-0.15, -0.1) is 0 Å². The molecule has 0 N–H and O–H groups in total. The maximum absolute atomic E-state index is 12.7. The Hall–Kier alpha value is -1.94. The lowest BCUT2D eigenvalue weighted by Crippen LogP contribution is -2.41. The second-order valence-electron chi connectivity index (χ2n) is 5.51. The molecule has 1 fully saturated rings. The second kappa shape index (κ2) is 7.31. The quantitative estimate of drug-likeness (QED) is 0.534. The molecule has 10 heteroatoms. The molecule has 1 aliphatic heterocycles. The van der Waals surface area contributed by atoms with Crippen molar-refractivity contribution in [3.63, 3.8) is 0 Å². The number of aromatic nitrogens is 2. The second-order valence-corrected chi connectivity index (χ2v) is 7.39.